The van der Waals surface area contributed by atoms with Crippen LogP contribution in [0.5, 0.6) is 0 Å². The highest BCUT2D eigenvalue weighted by Crippen LogP contribution is 2.31. The van der Waals surface area contributed by atoms with Gasteiger partial charge in [0.25, 0.3) is 0 Å². The summed E-state index contributed by atoms with van der Waals surface area (Å²) in [6.07, 6.45) is 3.01. The molecule has 4 aromatic rings. The van der Waals surface area contributed by atoms with Gasteiger partial charge in [0.1, 0.15) is 5.82 Å². The third-order valence-electron chi connectivity index (χ3n) is 5.57. The first-order valence-electron chi connectivity index (χ1n) is 11.1. The maximum Gasteiger partial charge on any atom is 0.248 e. The maximum atomic E-state index is 11.7. The highest BCUT2D eigenvalue weighted by atomic mass is 16.5. The Morgan fingerprint density at radius 3 is 2.68 bits per heavy atom. The minimum atomic E-state index is -0.310. The average molecular weight is 453 g/mol. The van der Waals surface area contributed by atoms with Crippen molar-refractivity contribution in [3.8, 4) is 11.3 Å². The summed E-state index contributed by atoms with van der Waals surface area (Å²) < 4.78 is 5.50. The van der Waals surface area contributed by atoms with Crippen LogP contribution in [0.4, 0.5) is 23.1 Å². The summed E-state index contributed by atoms with van der Waals surface area (Å²) in [4.78, 5) is 27.9. The van der Waals surface area contributed by atoms with Gasteiger partial charge in [-0.25, -0.2) is 15.0 Å². The molecule has 1 fully saturated rings. The second-order valence-electron chi connectivity index (χ2n) is 7.78. The lowest BCUT2D eigenvalue weighted by Crippen LogP contribution is -2.36. The highest BCUT2D eigenvalue weighted by molar-refractivity contribution is 5.98. The van der Waals surface area contributed by atoms with Gasteiger partial charge >= 0.3 is 0 Å². The number of amides is 1. The summed E-state index contributed by atoms with van der Waals surface area (Å²) in [5.41, 5.74) is 4.34. The number of nitrogens with one attached hydrogen (secondary N) is 2. The molecule has 1 aliphatic rings. The van der Waals surface area contributed by atoms with Gasteiger partial charge in [-0.1, -0.05) is 43.0 Å². The molecule has 0 atom stereocenters. The number of nitrogens with zero attached hydrogens (tertiary/aromatic N) is 4. The number of fused-ring (bicyclic) bond motifs is 1. The normalized spacial score (nSPS) is 13.5. The van der Waals surface area contributed by atoms with Crippen molar-refractivity contribution in [3.63, 3.8) is 0 Å². The Labute approximate surface area is 197 Å². The number of hydrogen-bond donors (Lipinski definition) is 2. The van der Waals surface area contributed by atoms with Crippen LogP contribution in [0, 0.1) is 0 Å². The lowest BCUT2D eigenvalue weighted by molar-refractivity contribution is -0.111. The molecule has 0 bridgehead atoms. The first kappa shape index (κ1) is 21.5. The zero-order valence-corrected chi connectivity index (χ0v) is 18.6. The Morgan fingerprint density at radius 2 is 1.82 bits per heavy atom. The van der Waals surface area contributed by atoms with Gasteiger partial charge in [-0.15, -0.1) is 0 Å². The Kier molecular flexibility index (Phi) is 6.13. The van der Waals surface area contributed by atoms with Crippen LogP contribution in [0.15, 0.2) is 79.5 Å². The molecule has 2 aromatic heterocycles. The molecule has 0 aliphatic carbocycles. The third kappa shape index (κ3) is 4.57. The Hall–Kier alpha value is -4.30. The van der Waals surface area contributed by atoms with Crippen LogP contribution < -0.4 is 15.5 Å². The SMILES string of the molecule is C=CC(=O)Nc1cccc(-c2cccc3cnc(Nc4ccccc4N4CCOCC4)nc23)n1. The molecular weight excluding hydrogens is 428 g/mol. The molecule has 8 heteroatoms. The number of carbonyl (C=O) groups is 1. The fourth-order valence-corrected chi connectivity index (χ4v) is 3.93. The molecule has 34 heavy (non-hydrogen) atoms. The van der Waals surface area contributed by atoms with Gasteiger partial charge in [-0.3, -0.25) is 4.79 Å². The topological polar surface area (TPSA) is 92.3 Å². The first-order chi connectivity index (χ1) is 16.7. The molecule has 2 aromatic carbocycles. The monoisotopic (exact) mass is 452 g/mol. The number of pyridine rings is 1. The Morgan fingerprint density at radius 1 is 1.00 bits per heavy atom. The quantitative estimate of drug-likeness (QED) is 0.419. The summed E-state index contributed by atoms with van der Waals surface area (Å²) in [5.74, 6) is 0.637. The van der Waals surface area contributed by atoms with Crippen LogP contribution in [0.3, 0.4) is 0 Å². The summed E-state index contributed by atoms with van der Waals surface area (Å²) in [6, 6.07) is 19.5. The van der Waals surface area contributed by atoms with Crippen LogP contribution in [0.2, 0.25) is 0 Å². The van der Waals surface area contributed by atoms with E-state index in [4.69, 9.17) is 9.72 Å². The van der Waals surface area contributed by atoms with Gasteiger partial charge in [0.05, 0.1) is 35.8 Å². The van der Waals surface area contributed by atoms with Gasteiger partial charge in [-0.05, 0) is 30.3 Å². The Bertz CT molecular complexity index is 1350. The van der Waals surface area contributed by atoms with E-state index in [-0.39, 0.29) is 5.91 Å². The number of para-hydroxylation sites is 3. The predicted molar refractivity (Wildman–Crippen MR) is 134 cm³/mol. The van der Waals surface area contributed by atoms with E-state index in [0.717, 1.165) is 40.9 Å². The van der Waals surface area contributed by atoms with Crippen molar-refractivity contribution >= 4 is 40.0 Å². The van der Waals surface area contributed by atoms with Crippen LogP contribution in [-0.4, -0.2) is 47.2 Å². The van der Waals surface area contributed by atoms with Crippen molar-refractivity contribution < 1.29 is 9.53 Å². The van der Waals surface area contributed by atoms with E-state index in [1.54, 1.807) is 12.3 Å². The maximum absolute atomic E-state index is 11.7. The van der Waals surface area contributed by atoms with E-state index in [0.29, 0.717) is 30.7 Å². The van der Waals surface area contributed by atoms with E-state index in [1.807, 2.05) is 48.5 Å². The molecule has 8 nitrogen and oxygen atoms in total. The predicted octanol–water partition coefficient (Wildman–Crippen LogP) is 4.40. The van der Waals surface area contributed by atoms with Crippen molar-refractivity contribution in [2.75, 3.05) is 41.8 Å². The fraction of sp³-hybridized carbons (Fsp3) is 0.154. The van der Waals surface area contributed by atoms with Crippen LogP contribution in [-0.2, 0) is 9.53 Å². The number of ether oxygens (including phenoxy) is 1. The number of anilines is 4. The van der Waals surface area contributed by atoms with Crippen molar-refractivity contribution in [1.29, 1.82) is 0 Å². The summed E-state index contributed by atoms with van der Waals surface area (Å²) >= 11 is 0. The molecule has 5 rings (SSSR count). The second-order valence-corrected chi connectivity index (χ2v) is 7.78. The van der Waals surface area contributed by atoms with Crippen LogP contribution in [0.25, 0.3) is 22.2 Å². The summed E-state index contributed by atoms with van der Waals surface area (Å²) in [6.45, 7) is 6.59. The number of aromatic nitrogens is 3. The number of rotatable bonds is 6. The number of carbonyl (C=O) groups excluding carboxylic acids is 1. The second kappa shape index (κ2) is 9.68. The van der Waals surface area contributed by atoms with E-state index in [9.17, 15) is 4.79 Å². The zero-order valence-electron chi connectivity index (χ0n) is 18.6. The average Bonchev–Trinajstić information content (AvgIpc) is 2.89. The number of morpholine rings is 1. The molecule has 1 aliphatic heterocycles. The molecule has 1 saturated heterocycles. The van der Waals surface area contributed by atoms with Crippen molar-refractivity contribution in [2.45, 2.75) is 0 Å². The van der Waals surface area contributed by atoms with Gasteiger partial charge in [0.15, 0.2) is 0 Å². The van der Waals surface area contributed by atoms with Crippen molar-refractivity contribution in [1.82, 2.24) is 15.0 Å². The van der Waals surface area contributed by atoms with Gasteiger partial charge in [0.2, 0.25) is 11.9 Å². The minimum absolute atomic E-state index is 0.310. The van der Waals surface area contributed by atoms with E-state index in [2.05, 4.69) is 38.1 Å². The minimum Gasteiger partial charge on any atom is -0.378 e. The molecule has 3 heterocycles. The molecule has 2 N–H and O–H groups in total. The third-order valence-corrected chi connectivity index (χ3v) is 5.57. The van der Waals surface area contributed by atoms with E-state index >= 15 is 0 Å². The molecule has 0 radical (unpaired) electrons. The van der Waals surface area contributed by atoms with Gasteiger partial charge in [-0.2, -0.15) is 0 Å². The molecule has 0 spiro atoms. The smallest absolute Gasteiger partial charge is 0.248 e. The van der Waals surface area contributed by atoms with Crippen molar-refractivity contribution in [2.24, 2.45) is 0 Å². The summed E-state index contributed by atoms with van der Waals surface area (Å²) in [7, 11) is 0. The molecule has 0 unspecified atom stereocenters. The van der Waals surface area contributed by atoms with Crippen LogP contribution >= 0.6 is 0 Å². The molecule has 0 saturated carbocycles. The molecular formula is C26H24N6O2. The Balaban J connectivity index is 1.50. The lowest BCUT2D eigenvalue weighted by Gasteiger charge is -2.30. The van der Waals surface area contributed by atoms with Gasteiger partial charge < -0.3 is 20.3 Å². The largest absolute Gasteiger partial charge is 0.378 e. The first-order valence-corrected chi connectivity index (χ1v) is 11.1. The van der Waals surface area contributed by atoms with E-state index in [1.165, 1.54) is 6.08 Å². The van der Waals surface area contributed by atoms with Crippen LogP contribution in [0.1, 0.15) is 0 Å². The lowest BCUT2D eigenvalue weighted by atomic mass is 10.1. The van der Waals surface area contributed by atoms with Crippen molar-refractivity contribution in [3.05, 3.63) is 79.5 Å². The fourth-order valence-electron chi connectivity index (χ4n) is 3.93. The number of benzene rings is 2. The van der Waals surface area contributed by atoms with Gasteiger partial charge in [0, 0.05) is 30.2 Å². The molecule has 170 valence electrons. The zero-order chi connectivity index (χ0) is 23.3. The summed E-state index contributed by atoms with van der Waals surface area (Å²) in [5, 5.41) is 6.99. The standard InChI is InChI=1S/C26H24N6O2/c1-2-24(33)30-23-12-6-10-20(28-23)19-8-5-7-18-17-27-26(31-25(18)19)29-21-9-3-4-11-22(21)32-13-15-34-16-14-32/h2-12,17H,1,13-16H2,(H,27,29,31)(H,28,30,33). The molecule has 1 amide bonds. The van der Waals surface area contributed by atoms with E-state index < -0.39 is 0 Å². The highest BCUT2D eigenvalue weighted by Gasteiger charge is 2.16. The number of hydrogen-bond acceptors (Lipinski definition) is 7.